The van der Waals surface area contributed by atoms with Crippen LogP contribution in [0.3, 0.4) is 0 Å². The monoisotopic (exact) mass is 330 g/mol. The molecule has 120 valence electrons. The lowest BCUT2D eigenvalue weighted by atomic mass is 10.1. The average molecular weight is 330 g/mol. The molecule has 0 amide bonds. The summed E-state index contributed by atoms with van der Waals surface area (Å²) in [5.41, 5.74) is 8.68. The van der Waals surface area contributed by atoms with Crippen LogP contribution in [-0.2, 0) is 21.2 Å². The molecule has 0 spiro atoms. The maximum absolute atomic E-state index is 11.3. The van der Waals surface area contributed by atoms with Gasteiger partial charge in [0.25, 0.3) is 0 Å². The third kappa shape index (κ3) is 4.83. The number of sulfonamides is 1. The number of ether oxygens (including phenoxy) is 1. The minimum atomic E-state index is -3.76. The van der Waals surface area contributed by atoms with Crippen LogP contribution >= 0.6 is 0 Å². The van der Waals surface area contributed by atoms with Gasteiger partial charge in [-0.05, 0) is 42.3 Å². The van der Waals surface area contributed by atoms with Gasteiger partial charge in [-0.1, -0.05) is 24.0 Å². The van der Waals surface area contributed by atoms with Crippen LogP contribution in [0.5, 0.6) is 0 Å². The third-order valence-corrected chi connectivity index (χ3v) is 4.15. The van der Waals surface area contributed by atoms with Gasteiger partial charge in [0.2, 0.25) is 10.0 Å². The molecule has 0 bridgehead atoms. The molecule has 0 aromatic heterocycles. The number of anilines is 1. The molecule has 0 aliphatic carbocycles. The summed E-state index contributed by atoms with van der Waals surface area (Å²) in [6, 6.07) is 12.1. The van der Waals surface area contributed by atoms with Crippen LogP contribution < -0.4 is 10.9 Å². The van der Waals surface area contributed by atoms with Gasteiger partial charge < -0.3 is 10.5 Å². The second-order valence-corrected chi connectivity index (χ2v) is 6.55. The standard InChI is InChI=1S/C17H18N2O3S/c1-22-11-10-14-4-2-13(3-5-14)6-7-15-8-9-16(12-17(15)18)23(19,20)21/h2-5,8-9,12H,10-11,18H2,1H3,(H2,19,20,21). The summed E-state index contributed by atoms with van der Waals surface area (Å²) in [5.74, 6) is 5.94. The van der Waals surface area contributed by atoms with Crippen molar-refractivity contribution in [2.75, 3.05) is 19.5 Å². The number of rotatable bonds is 4. The van der Waals surface area contributed by atoms with E-state index in [-0.39, 0.29) is 10.6 Å². The van der Waals surface area contributed by atoms with E-state index < -0.39 is 10.0 Å². The number of hydrogen-bond donors (Lipinski definition) is 2. The quantitative estimate of drug-likeness (QED) is 0.656. The van der Waals surface area contributed by atoms with Gasteiger partial charge in [-0.25, -0.2) is 13.6 Å². The number of methoxy groups -OCH3 is 1. The first-order chi connectivity index (χ1) is 10.9. The Morgan fingerprint density at radius 2 is 1.78 bits per heavy atom. The molecule has 2 rings (SSSR count). The maximum Gasteiger partial charge on any atom is 0.238 e. The van der Waals surface area contributed by atoms with Gasteiger partial charge in [0.1, 0.15) is 0 Å². The zero-order chi connectivity index (χ0) is 16.9. The molecule has 0 unspecified atom stereocenters. The lowest BCUT2D eigenvalue weighted by molar-refractivity contribution is 0.202. The fourth-order valence-corrected chi connectivity index (χ4v) is 2.49. The minimum Gasteiger partial charge on any atom is -0.398 e. The van der Waals surface area contributed by atoms with Crippen molar-refractivity contribution in [3.63, 3.8) is 0 Å². The topological polar surface area (TPSA) is 95.4 Å². The summed E-state index contributed by atoms with van der Waals surface area (Å²) in [7, 11) is -2.09. The highest BCUT2D eigenvalue weighted by atomic mass is 32.2. The molecular weight excluding hydrogens is 312 g/mol. The van der Waals surface area contributed by atoms with Crippen molar-refractivity contribution >= 4 is 15.7 Å². The maximum atomic E-state index is 11.3. The molecule has 0 atom stereocenters. The molecule has 4 N–H and O–H groups in total. The van der Waals surface area contributed by atoms with E-state index in [0.717, 1.165) is 12.0 Å². The number of nitrogen functional groups attached to an aromatic ring is 1. The van der Waals surface area contributed by atoms with Gasteiger partial charge in [-0.15, -0.1) is 0 Å². The van der Waals surface area contributed by atoms with E-state index in [1.165, 1.54) is 17.7 Å². The average Bonchev–Trinajstić information content (AvgIpc) is 2.52. The Balaban J connectivity index is 2.18. The molecule has 0 heterocycles. The first kappa shape index (κ1) is 17.0. The molecule has 0 fully saturated rings. The molecule has 2 aromatic carbocycles. The SMILES string of the molecule is COCCc1ccc(C#Cc2ccc(S(N)(=O)=O)cc2N)cc1. The normalized spacial score (nSPS) is 10.9. The van der Waals surface area contributed by atoms with Crippen LogP contribution in [0, 0.1) is 11.8 Å². The van der Waals surface area contributed by atoms with Crippen molar-refractivity contribution in [2.45, 2.75) is 11.3 Å². The Kier molecular flexibility index (Phi) is 5.40. The van der Waals surface area contributed by atoms with E-state index in [4.69, 9.17) is 15.6 Å². The van der Waals surface area contributed by atoms with E-state index in [1.807, 2.05) is 24.3 Å². The highest BCUT2D eigenvalue weighted by molar-refractivity contribution is 7.89. The predicted octanol–water partition coefficient (Wildman–Crippen LogP) is 1.50. The minimum absolute atomic E-state index is 0.0250. The summed E-state index contributed by atoms with van der Waals surface area (Å²) in [5, 5.41) is 5.06. The van der Waals surface area contributed by atoms with E-state index in [1.54, 1.807) is 13.2 Å². The van der Waals surface area contributed by atoms with Crippen LogP contribution in [-0.4, -0.2) is 22.1 Å². The molecule has 0 radical (unpaired) electrons. The molecule has 5 nitrogen and oxygen atoms in total. The van der Waals surface area contributed by atoms with Crippen LogP contribution in [0.15, 0.2) is 47.4 Å². The van der Waals surface area contributed by atoms with Gasteiger partial charge >= 0.3 is 0 Å². The molecule has 0 aliphatic heterocycles. The number of benzene rings is 2. The van der Waals surface area contributed by atoms with Gasteiger partial charge in [-0.2, -0.15) is 0 Å². The largest absolute Gasteiger partial charge is 0.398 e. The Morgan fingerprint density at radius 1 is 1.09 bits per heavy atom. The van der Waals surface area contributed by atoms with Crippen LogP contribution in [0.25, 0.3) is 0 Å². The van der Waals surface area contributed by atoms with Gasteiger partial charge in [0.15, 0.2) is 0 Å². The van der Waals surface area contributed by atoms with Crippen LogP contribution in [0.2, 0.25) is 0 Å². The number of primary sulfonamides is 1. The summed E-state index contributed by atoms with van der Waals surface area (Å²) < 4.78 is 27.6. The number of hydrogen-bond acceptors (Lipinski definition) is 4. The Labute approximate surface area is 136 Å². The first-order valence-electron chi connectivity index (χ1n) is 6.92. The fourth-order valence-electron chi connectivity index (χ4n) is 1.95. The van der Waals surface area contributed by atoms with Crippen molar-refractivity contribution in [2.24, 2.45) is 5.14 Å². The lowest BCUT2D eigenvalue weighted by Crippen LogP contribution is -2.12. The second-order valence-electron chi connectivity index (χ2n) is 4.98. The molecule has 2 aromatic rings. The fraction of sp³-hybridized carbons (Fsp3) is 0.176. The summed E-state index contributed by atoms with van der Waals surface area (Å²) >= 11 is 0. The van der Waals surface area contributed by atoms with Crippen molar-refractivity contribution in [3.8, 4) is 11.8 Å². The van der Waals surface area contributed by atoms with Crippen LogP contribution in [0.1, 0.15) is 16.7 Å². The van der Waals surface area contributed by atoms with E-state index >= 15 is 0 Å². The van der Waals surface area contributed by atoms with Gasteiger partial charge in [0.05, 0.1) is 11.5 Å². The molecule has 23 heavy (non-hydrogen) atoms. The van der Waals surface area contributed by atoms with Crippen LogP contribution in [0.4, 0.5) is 5.69 Å². The summed E-state index contributed by atoms with van der Waals surface area (Å²) in [6.45, 7) is 0.679. The Hall–Kier alpha value is -2.33. The Morgan fingerprint density at radius 3 is 2.35 bits per heavy atom. The zero-order valence-electron chi connectivity index (χ0n) is 12.7. The smallest absolute Gasteiger partial charge is 0.238 e. The highest BCUT2D eigenvalue weighted by Crippen LogP contribution is 2.16. The molecule has 0 aliphatic rings. The van der Waals surface area contributed by atoms with Crippen molar-refractivity contribution in [3.05, 3.63) is 59.2 Å². The molecule has 6 heteroatoms. The highest BCUT2D eigenvalue weighted by Gasteiger charge is 2.08. The van der Waals surface area contributed by atoms with Gasteiger partial charge in [-0.3, -0.25) is 0 Å². The Bertz CT molecular complexity index is 848. The van der Waals surface area contributed by atoms with Crippen molar-refractivity contribution in [1.29, 1.82) is 0 Å². The molecule has 0 saturated heterocycles. The van der Waals surface area contributed by atoms with Crippen molar-refractivity contribution < 1.29 is 13.2 Å². The second kappa shape index (κ2) is 7.29. The summed E-state index contributed by atoms with van der Waals surface area (Å²) in [6.07, 6.45) is 0.853. The lowest BCUT2D eigenvalue weighted by Gasteiger charge is -2.02. The molecule has 0 saturated carbocycles. The number of nitrogens with two attached hydrogens (primary N) is 2. The van der Waals surface area contributed by atoms with Crippen molar-refractivity contribution in [1.82, 2.24) is 0 Å². The molecular formula is C17H18N2O3S. The van der Waals surface area contributed by atoms with E-state index in [2.05, 4.69) is 11.8 Å². The first-order valence-corrected chi connectivity index (χ1v) is 8.47. The predicted molar refractivity (Wildman–Crippen MR) is 90.2 cm³/mol. The van der Waals surface area contributed by atoms with Gasteiger partial charge in [0, 0.05) is 23.9 Å². The van der Waals surface area contributed by atoms with E-state index in [9.17, 15) is 8.42 Å². The zero-order valence-corrected chi connectivity index (χ0v) is 13.6. The summed E-state index contributed by atoms with van der Waals surface area (Å²) in [4.78, 5) is -0.0250. The third-order valence-electron chi connectivity index (χ3n) is 3.24. The van der Waals surface area contributed by atoms with E-state index in [0.29, 0.717) is 12.2 Å².